The second-order valence-corrected chi connectivity index (χ2v) is 4.41. The Kier molecular flexibility index (Phi) is 6.89. The van der Waals surface area contributed by atoms with Crippen LogP contribution >= 0.6 is 0 Å². The fourth-order valence-corrected chi connectivity index (χ4v) is 1.66. The molecule has 1 aromatic rings. The van der Waals surface area contributed by atoms with E-state index in [0.29, 0.717) is 12.1 Å². The van der Waals surface area contributed by atoms with Gasteiger partial charge in [-0.05, 0) is 24.1 Å². The van der Waals surface area contributed by atoms with E-state index in [1.807, 2.05) is 0 Å². The van der Waals surface area contributed by atoms with Crippen molar-refractivity contribution in [1.82, 2.24) is 10.6 Å². The summed E-state index contributed by atoms with van der Waals surface area (Å²) in [6.45, 7) is 2.77. The van der Waals surface area contributed by atoms with E-state index in [2.05, 4.69) is 17.6 Å². The number of carbonyl (C=O) groups is 1. The third-order valence-corrected chi connectivity index (χ3v) is 2.76. The number of rotatable bonds is 7. The summed E-state index contributed by atoms with van der Waals surface area (Å²) in [5.74, 6) is -0.402. The number of amides is 2. The van der Waals surface area contributed by atoms with Crippen LogP contribution in [0.2, 0.25) is 0 Å². The molecule has 4 nitrogen and oxygen atoms in total. The summed E-state index contributed by atoms with van der Waals surface area (Å²) in [7, 11) is 0. The first kappa shape index (κ1) is 15.4. The van der Waals surface area contributed by atoms with E-state index in [1.54, 1.807) is 6.07 Å². The van der Waals surface area contributed by atoms with Gasteiger partial charge in [-0.15, -0.1) is 0 Å². The van der Waals surface area contributed by atoms with Crippen LogP contribution in [0.4, 0.5) is 9.18 Å². The van der Waals surface area contributed by atoms with Gasteiger partial charge >= 0.3 is 6.03 Å². The van der Waals surface area contributed by atoms with E-state index in [1.165, 1.54) is 18.2 Å². The van der Waals surface area contributed by atoms with E-state index < -0.39 is 11.9 Å². The zero-order chi connectivity index (χ0) is 14.1. The van der Waals surface area contributed by atoms with Gasteiger partial charge in [0, 0.05) is 13.1 Å². The first-order valence-electron chi connectivity index (χ1n) is 6.58. The third-order valence-electron chi connectivity index (χ3n) is 2.76. The summed E-state index contributed by atoms with van der Waals surface area (Å²) in [4.78, 5) is 11.4. The van der Waals surface area contributed by atoms with Crippen molar-refractivity contribution in [1.29, 1.82) is 0 Å². The zero-order valence-electron chi connectivity index (χ0n) is 11.2. The maximum Gasteiger partial charge on any atom is 0.314 e. The molecule has 5 heteroatoms. The molecule has 1 aromatic carbocycles. The number of aliphatic hydroxyl groups is 1. The number of nitrogens with one attached hydrogen (secondary N) is 2. The molecule has 0 fully saturated rings. The lowest BCUT2D eigenvalue weighted by Crippen LogP contribution is -2.38. The number of hydrogen-bond acceptors (Lipinski definition) is 2. The van der Waals surface area contributed by atoms with Crippen LogP contribution in [-0.2, 0) is 0 Å². The molecule has 0 aliphatic heterocycles. The SMILES string of the molecule is CCCCCNC(=O)NCC(O)c1cccc(F)c1. The summed E-state index contributed by atoms with van der Waals surface area (Å²) in [5, 5.41) is 15.0. The van der Waals surface area contributed by atoms with Crippen LogP contribution in [0, 0.1) is 5.82 Å². The first-order valence-corrected chi connectivity index (χ1v) is 6.58. The molecule has 19 heavy (non-hydrogen) atoms. The normalized spacial score (nSPS) is 11.9. The van der Waals surface area contributed by atoms with Gasteiger partial charge in [0.1, 0.15) is 5.82 Å². The van der Waals surface area contributed by atoms with Crippen LogP contribution in [0.5, 0.6) is 0 Å². The number of halogens is 1. The minimum absolute atomic E-state index is 0.0586. The van der Waals surface area contributed by atoms with Crippen LogP contribution in [0.1, 0.15) is 37.9 Å². The molecule has 0 saturated heterocycles. The second-order valence-electron chi connectivity index (χ2n) is 4.41. The lowest BCUT2D eigenvalue weighted by molar-refractivity contribution is 0.172. The van der Waals surface area contributed by atoms with Crippen molar-refractivity contribution >= 4 is 6.03 Å². The molecule has 2 amide bonds. The number of carbonyl (C=O) groups excluding carboxylic acids is 1. The molecule has 0 aliphatic carbocycles. The van der Waals surface area contributed by atoms with Gasteiger partial charge in [-0.25, -0.2) is 9.18 Å². The molecule has 3 N–H and O–H groups in total. The topological polar surface area (TPSA) is 61.4 Å². The highest BCUT2D eigenvalue weighted by Gasteiger charge is 2.09. The lowest BCUT2D eigenvalue weighted by atomic mass is 10.1. The molecule has 0 aliphatic rings. The summed E-state index contributed by atoms with van der Waals surface area (Å²) < 4.78 is 13.0. The van der Waals surface area contributed by atoms with Gasteiger partial charge in [0.05, 0.1) is 6.10 Å². The van der Waals surface area contributed by atoms with Gasteiger partial charge < -0.3 is 15.7 Å². The van der Waals surface area contributed by atoms with Gasteiger partial charge in [-0.2, -0.15) is 0 Å². The summed E-state index contributed by atoms with van der Waals surface area (Å²) in [6, 6.07) is 5.40. The molecular weight excluding hydrogens is 247 g/mol. The highest BCUT2D eigenvalue weighted by Crippen LogP contribution is 2.12. The molecule has 0 heterocycles. The van der Waals surface area contributed by atoms with E-state index in [0.717, 1.165) is 19.3 Å². The Balaban J connectivity index is 2.26. The van der Waals surface area contributed by atoms with E-state index in [4.69, 9.17) is 0 Å². The third kappa shape index (κ3) is 6.20. The van der Waals surface area contributed by atoms with Gasteiger partial charge in [-0.3, -0.25) is 0 Å². The Labute approximate surface area is 113 Å². The minimum atomic E-state index is -0.905. The maximum atomic E-state index is 13.0. The van der Waals surface area contributed by atoms with Crippen LogP contribution < -0.4 is 10.6 Å². The molecule has 0 bridgehead atoms. The molecular formula is C14H21FN2O2. The van der Waals surface area contributed by atoms with Gasteiger partial charge in [-0.1, -0.05) is 31.9 Å². The molecule has 0 radical (unpaired) electrons. The van der Waals surface area contributed by atoms with Gasteiger partial charge in [0.15, 0.2) is 0 Å². The molecule has 0 spiro atoms. The number of urea groups is 1. The average Bonchev–Trinajstić information content (AvgIpc) is 2.41. The predicted molar refractivity (Wildman–Crippen MR) is 72.3 cm³/mol. The zero-order valence-corrected chi connectivity index (χ0v) is 11.2. The number of benzene rings is 1. The fourth-order valence-electron chi connectivity index (χ4n) is 1.66. The van der Waals surface area contributed by atoms with Crippen molar-refractivity contribution in [2.75, 3.05) is 13.1 Å². The fraction of sp³-hybridized carbons (Fsp3) is 0.500. The molecule has 1 rings (SSSR count). The van der Waals surface area contributed by atoms with Crippen LogP contribution in [0.3, 0.4) is 0 Å². The van der Waals surface area contributed by atoms with Crippen molar-refractivity contribution in [2.24, 2.45) is 0 Å². The summed E-state index contributed by atoms with van der Waals surface area (Å²) in [5.41, 5.74) is 0.450. The largest absolute Gasteiger partial charge is 0.387 e. The van der Waals surface area contributed by atoms with E-state index in [-0.39, 0.29) is 12.6 Å². The Bertz CT molecular complexity index is 399. The number of hydrogen-bond donors (Lipinski definition) is 3. The van der Waals surface area contributed by atoms with Crippen molar-refractivity contribution in [3.05, 3.63) is 35.6 Å². The van der Waals surface area contributed by atoms with Crippen molar-refractivity contribution in [3.63, 3.8) is 0 Å². The Morgan fingerprint density at radius 3 is 2.84 bits per heavy atom. The summed E-state index contributed by atoms with van der Waals surface area (Å²) in [6.07, 6.45) is 2.21. The predicted octanol–water partition coefficient (Wildman–Crippen LogP) is 2.35. The number of aliphatic hydroxyl groups excluding tert-OH is 1. The quantitative estimate of drug-likeness (QED) is 0.665. The second kappa shape index (κ2) is 8.48. The lowest BCUT2D eigenvalue weighted by Gasteiger charge is -2.13. The molecule has 0 saturated carbocycles. The van der Waals surface area contributed by atoms with Crippen LogP contribution in [0.25, 0.3) is 0 Å². The van der Waals surface area contributed by atoms with E-state index in [9.17, 15) is 14.3 Å². The average molecular weight is 268 g/mol. The molecule has 1 atom stereocenters. The number of unbranched alkanes of at least 4 members (excludes halogenated alkanes) is 2. The summed E-state index contributed by atoms with van der Waals surface area (Å²) >= 11 is 0. The Morgan fingerprint density at radius 1 is 1.37 bits per heavy atom. The van der Waals surface area contributed by atoms with Crippen molar-refractivity contribution in [3.8, 4) is 0 Å². The standard InChI is InChI=1S/C14H21FN2O2/c1-2-3-4-8-16-14(19)17-10-13(18)11-6-5-7-12(15)9-11/h5-7,9,13,18H,2-4,8,10H2,1H3,(H2,16,17,19). The van der Waals surface area contributed by atoms with Gasteiger partial charge in [0.25, 0.3) is 0 Å². The Morgan fingerprint density at radius 2 is 2.16 bits per heavy atom. The molecule has 106 valence electrons. The van der Waals surface area contributed by atoms with E-state index >= 15 is 0 Å². The first-order chi connectivity index (χ1) is 9.13. The molecule has 0 aromatic heterocycles. The van der Waals surface area contributed by atoms with Crippen molar-refractivity contribution < 1.29 is 14.3 Å². The smallest absolute Gasteiger partial charge is 0.314 e. The van der Waals surface area contributed by atoms with Crippen molar-refractivity contribution in [2.45, 2.75) is 32.3 Å². The Hall–Kier alpha value is -1.62. The highest BCUT2D eigenvalue weighted by atomic mass is 19.1. The highest BCUT2D eigenvalue weighted by molar-refractivity contribution is 5.73. The monoisotopic (exact) mass is 268 g/mol. The van der Waals surface area contributed by atoms with Crippen LogP contribution in [-0.4, -0.2) is 24.2 Å². The maximum absolute atomic E-state index is 13.0. The molecule has 1 unspecified atom stereocenters. The van der Waals surface area contributed by atoms with Gasteiger partial charge in [0.2, 0.25) is 0 Å². The van der Waals surface area contributed by atoms with Crippen LogP contribution in [0.15, 0.2) is 24.3 Å². The minimum Gasteiger partial charge on any atom is -0.387 e.